The van der Waals surface area contributed by atoms with Gasteiger partial charge in [0.15, 0.2) is 5.82 Å². The largest absolute Gasteiger partial charge is 0.494 e. The molecule has 0 saturated heterocycles. The summed E-state index contributed by atoms with van der Waals surface area (Å²) in [7, 11) is 0. The van der Waals surface area contributed by atoms with Gasteiger partial charge in [-0.2, -0.15) is 0 Å². The van der Waals surface area contributed by atoms with E-state index in [4.69, 9.17) is 4.74 Å². The van der Waals surface area contributed by atoms with Gasteiger partial charge in [0.1, 0.15) is 5.75 Å². The average Bonchev–Trinajstić information content (AvgIpc) is 2.88. The molecule has 0 radical (unpaired) electrons. The molecule has 0 bridgehead atoms. The van der Waals surface area contributed by atoms with Gasteiger partial charge in [0.05, 0.1) is 6.61 Å². The molecule has 0 unspecified atom stereocenters. The minimum absolute atomic E-state index is 0.803. The van der Waals surface area contributed by atoms with Gasteiger partial charge in [-0.3, -0.25) is 0 Å². The van der Waals surface area contributed by atoms with Crippen molar-refractivity contribution in [2.75, 3.05) is 6.61 Å². The summed E-state index contributed by atoms with van der Waals surface area (Å²) in [6.07, 6.45) is 25.6. The number of benzene rings is 1. The van der Waals surface area contributed by atoms with E-state index in [-0.39, 0.29) is 0 Å². The Morgan fingerprint density at radius 3 is 1.97 bits per heavy atom. The summed E-state index contributed by atoms with van der Waals surface area (Å²) < 4.78 is 5.90. The minimum atomic E-state index is 0.803. The summed E-state index contributed by atoms with van der Waals surface area (Å²) in [5.74, 6) is 3.64. The van der Waals surface area contributed by atoms with Gasteiger partial charge in [-0.15, -0.1) is 0 Å². The third-order valence-electron chi connectivity index (χ3n) is 7.61. The third-order valence-corrected chi connectivity index (χ3v) is 7.61. The Morgan fingerprint density at radius 1 is 0.706 bits per heavy atom. The van der Waals surface area contributed by atoms with Gasteiger partial charge >= 0.3 is 0 Å². The van der Waals surface area contributed by atoms with Crippen LogP contribution in [0.25, 0.3) is 11.4 Å². The topological polar surface area (TPSA) is 35.0 Å². The van der Waals surface area contributed by atoms with Crippen molar-refractivity contribution in [3.63, 3.8) is 0 Å². The summed E-state index contributed by atoms with van der Waals surface area (Å²) in [4.78, 5) is 9.31. The molecule has 1 fully saturated rings. The molecule has 0 aliphatic heterocycles. The number of unbranched alkanes of at least 4 members (excludes halogenated alkanes) is 7. The van der Waals surface area contributed by atoms with E-state index in [0.29, 0.717) is 0 Å². The van der Waals surface area contributed by atoms with Gasteiger partial charge < -0.3 is 4.74 Å². The van der Waals surface area contributed by atoms with Crippen molar-refractivity contribution in [1.29, 1.82) is 0 Å². The normalized spacial score (nSPS) is 18.2. The van der Waals surface area contributed by atoms with E-state index >= 15 is 0 Å². The van der Waals surface area contributed by atoms with Crippen LogP contribution in [0, 0.1) is 11.8 Å². The maximum atomic E-state index is 5.90. The molecule has 1 aromatic heterocycles. The average molecular weight is 465 g/mol. The van der Waals surface area contributed by atoms with Crippen LogP contribution < -0.4 is 4.74 Å². The van der Waals surface area contributed by atoms with E-state index in [1.807, 2.05) is 24.5 Å². The molecule has 1 aromatic carbocycles. The number of hydrogen-bond donors (Lipinski definition) is 0. The summed E-state index contributed by atoms with van der Waals surface area (Å²) in [6.45, 7) is 5.36. The Balaban J connectivity index is 1.34. The van der Waals surface area contributed by atoms with Gasteiger partial charge in [-0.1, -0.05) is 97.3 Å². The number of nitrogens with zero attached hydrogens (tertiary/aromatic N) is 2. The second-order valence-electron chi connectivity index (χ2n) is 10.5. The van der Waals surface area contributed by atoms with Crippen LogP contribution in [-0.4, -0.2) is 16.6 Å². The number of ether oxygens (including phenoxy) is 1. The lowest BCUT2D eigenvalue weighted by atomic mass is 9.78. The molecule has 34 heavy (non-hydrogen) atoms. The highest BCUT2D eigenvalue weighted by Gasteiger charge is 2.20. The Morgan fingerprint density at radius 2 is 1.29 bits per heavy atom. The van der Waals surface area contributed by atoms with Crippen molar-refractivity contribution in [3.8, 4) is 17.1 Å². The molecule has 3 nitrogen and oxygen atoms in total. The van der Waals surface area contributed by atoms with E-state index < -0.39 is 0 Å². The molecular formula is C31H48N2O. The zero-order chi connectivity index (χ0) is 23.8. The van der Waals surface area contributed by atoms with Crippen LogP contribution in [0.2, 0.25) is 0 Å². The molecule has 1 heterocycles. The highest BCUT2D eigenvalue weighted by Crippen LogP contribution is 2.34. The van der Waals surface area contributed by atoms with Crippen molar-refractivity contribution >= 4 is 0 Å². The second-order valence-corrected chi connectivity index (χ2v) is 10.5. The highest BCUT2D eigenvalue weighted by molar-refractivity contribution is 5.55. The maximum Gasteiger partial charge on any atom is 0.159 e. The Labute approximate surface area is 209 Å². The van der Waals surface area contributed by atoms with Crippen molar-refractivity contribution in [3.05, 3.63) is 42.2 Å². The summed E-state index contributed by atoms with van der Waals surface area (Å²) in [6, 6.07) is 8.24. The van der Waals surface area contributed by atoms with Gasteiger partial charge in [0.2, 0.25) is 0 Å². The Kier molecular flexibility index (Phi) is 12.5. The van der Waals surface area contributed by atoms with Crippen molar-refractivity contribution in [1.82, 2.24) is 9.97 Å². The fourth-order valence-corrected chi connectivity index (χ4v) is 5.27. The lowest BCUT2D eigenvalue weighted by Crippen LogP contribution is -2.15. The van der Waals surface area contributed by atoms with Crippen molar-refractivity contribution < 1.29 is 4.74 Å². The molecule has 0 atom stereocenters. The number of rotatable bonds is 16. The molecule has 0 amide bonds. The van der Waals surface area contributed by atoms with Gasteiger partial charge in [-0.25, -0.2) is 9.97 Å². The predicted molar refractivity (Wildman–Crippen MR) is 144 cm³/mol. The van der Waals surface area contributed by atoms with Crippen LogP contribution >= 0.6 is 0 Å². The number of aryl methyl sites for hydroxylation is 1. The SMILES string of the molecule is CCCCCCCCOc1ccc(-c2ncc(CC[C@H]3CC[C@H](CCCCC)CC3)cn2)cc1. The van der Waals surface area contributed by atoms with Crippen LogP contribution in [0.4, 0.5) is 0 Å². The number of hydrogen-bond acceptors (Lipinski definition) is 3. The zero-order valence-corrected chi connectivity index (χ0v) is 21.9. The first-order valence-electron chi connectivity index (χ1n) is 14.3. The molecule has 1 aliphatic carbocycles. The quantitative estimate of drug-likeness (QED) is 0.232. The van der Waals surface area contributed by atoms with Crippen molar-refractivity contribution in [2.45, 2.75) is 117 Å². The molecule has 1 aliphatic rings. The van der Waals surface area contributed by atoms with Gasteiger partial charge in [-0.05, 0) is 60.9 Å². The Hall–Kier alpha value is -1.90. The molecule has 3 rings (SSSR count). The predicted octanol–water partition coefficient (Wildman–Crippen LogP) is 9.20. The lowest BCUT2D eigenvalue weighted by molar-refractivity contribution is 0.249. The zero-order valence-electron chi connectivity index (χ0n) is 21.9. The molecule has 0 spiro atoms. The van der Waals surface area contributed by atoms with Gasteiger partial charge in [0, 0.05) is 18.0 Å². The summed E-state index contributed by atoms with van der Waals surface area (Å²) >= 11 is 0. The van der Waals surface area contributed by atoms with E-state index in [0.717, 1.165) is 48.4 Å². The van der Waals surface area contributed by atoms with E-state index in [1.165, 1.54) is 95.5 Å². The first-order valence-corrected chi connectivity index (χ1v) is 14.3. The minimum Gasteiger partial charge on any atom is -0.494 e. The standard InChI is InChI=1S/C31H48N2O/c1-3-5-7-8-9-11-23-34-30-21-19-29(20-22-30)31-32-24-28(25-33-31)18-17-27-15-13-26(14-16-27)12-10-6-4-2/h19-22,24-27H,3-18,23H2,1-2H3/t26-,27-. The van der Waals surface area contributed by atoms with Gasteiger partial charge in [0.25, 0.3) is 0 Å². The van der Waals surface area contributed by atoms with Crippen LogP contribution in [0.1, 0.15) is 116 Å². The van der Waals surface area contributed by atoms with Crippen LogP contribution in [0.5, 0.6) is 5.75 Å². The van der Waals surface area contributed by atoms with Crippen molar-refractivity contribution in [2.24, 2.45) is 11.8 Å². The van der Waals surface area contributed by atoms with Crippen LogP contribution in [-0.2, 0) is 6.42 Å². The fourth-order valence-electron chi connectivity index (χ4n) is 5.27. The highest BCUT2D eigenvalue weighted by atomic mass is 16.5. The summed E-state index contributed by atoms with van der Waals surface area (Å²) in [5, 5.41) is 0. The molecule has 0 N–H and O–H groups in total. The molecule has 3 heteroatoms. The molecular weight excluding hydrogens is 416 g/mol. The molecule has 1 saturated carbocycles. The van der Waals surface area contributed by atoms with Crippen LogP contribution in [0.3, 0.4) is 0 Å². The maximum absolute atomic E-state index is 5.90. The molecule has 188 valence electrons. The number of aromatic nitrogens is 2. The monoisotopic (exact) mass is 464 g/mol. The van der Waals surface area contributed by atoms with E-state index in [1.54, 1.807) is 0 Å². The van der Waals surface area contributed by atoms with Crippen LogP contribution in [0.15, 0.2) is 36.7 Å². The summed E-state index contributed by atoms with van der Waals surface area (Å²) in [5.41, 5.74) is 2.33. The lowest BCUT2D eigenvalue weighted by Gasteiger charge is -2.28. The first kappa shape index (κ1) is 26.7. The fraction of sp³-hybridized carbons (Fsp3) is 0.677. The van der Waals surface area contributed by atoms with E-state index in [2.05, 4.69) is 35.9 Å². The van der Waals surface area contributed by atoms with E-state index in [9.17, 15) is 0 Å². The smallest absolute Gasteiger partial charge is 0.159 e. The third kappa shape index (κ3) is 9.76. The Bertz CT molecular complexity index is 763. The second kappa shape index (κ2) is 15.9. The first-order chi connectivity index (χ1) is 16.8. The molecule has 2 aromatic rings.